The maximum atomic E-state index is 12.9. The highest BCUT2D eigenvalue weighted by atomic mass is 16.6. The lowest BCUT2D eigenvalue weighted by molar-refractivity contribution is 0.0541. The molecule has 1 amide bonds. The Labute approximate surface area is 137 Å². The first kappa shape index (κ1) is 16.0. The van der Waals surface area contributed by atoms with Crippen LogP contribution in [0.2, 0.25) is 0 Å². The minimum atomic E-state index is -0.575. The highest BCUT2D eigenvalue weighted by Gasteiger charge is 2.46. The molecule has 0 aromatic heterocycles. The Morgan fingerprint density at radius 1 is 1.13 bits per heavy atom. The third-order valence-electron chi connectivity index (χ3n) is 4.66. The number of ether oxygens (including phenoxy) is 1. The third-order valence-corrected chi connectivity index (χ3v) is 4.66. The Morgan fingerprint density at radius 3 is 2.43 bits per heavy atom. The van der Waals surface area contributed by atoms with Crippen molar-refractivity contribution in [2.24, 2.45) is 5.92 Å². The lowest BCUT2D eigenvalue weighted by Crippen LogP contribution is -2.47. The van der Waals surface area contributed by atoms with Gasteiger partial charge in [0.25, 0.3) is 0 Å². The van der Waals surface area contributed by atoms with Crippen LogP contribution in [-0.2, 0) is 4.74 Å². The summed E-state index contributed by atoms with van der Waals surface area (Å²) in [5, 5.41) is 0. The topological polar surface area (TPSA) is 46.6 Å². The SMILES string of the molecule is CC(C)(C)OC(=O)N1c2ccccc2C(=O)C1C1CCCCC1. The number of hydrogen-bond donors (Lipinski definition) is 0. The van der Waals surface area contributed by atoms with E-state index in [2.05, 4.69) is 0 Å². The summed E-state index contributed by atoms with van der Waals surface area (Å²) in [5.41, 5.74) is 0.769. The van der Waals surface area contributed by atoms with Gasteiger partial charge in [0.1, 0.15) is 11.6 Å². The summed E-state index contributed by atoms with van der Waals surface area (Å²) in [4.78, 5) is 27.3. The van der Waals surface area contributed by atoms with Crippen LogP contribution < -0.4 is 4.90 Å². The first-order chi connectivity index (χ1) is 10.9. The average Bonchev–Trinajstić information content (AvgIpc) is 2.80. The van der Waals surface area contributed by atoms with Gasteiger partial charge in [-0.2, -0.15) is 0 Å². The molecule has 0 radical (unpaired) electrons. The van der Waals surface area contributed by atoms with Crippen molar-refractivity contribution in [1.29, 1.82) is 0 Å². The minimum Gasteiger partial charge on any atom is -0.443 e. The van der Waals surface area contributed by atoms with E-state index < -0.39 is 17.7 Å². The molecule has 1 atom stereocenters. The number of benzene rings is 1. The van der Waals surface area contributed by atoms with Crippen LogP contribution in [-0.4, -0.2) is 23.5 Å². The molecule has 1 heterocycles. The number of fused-ring (bicyclic) bond motifs is 1. The molecule has 1 aromatic carbocycles. The average molecular weight is 315 g/mol. The molecule has 124 valence electrons. The number of ketones is 1. The van der Waals surface area contributed by atoms with Gasteiger partial charge in [0.15, 0.2) is 5.78 Å². The third kappa shape index (κ3) is 3.12. The first-order valence-corrected chi connectivity index (χ1v) is 8.54. The summed E-state index contributed by atoms with van der Waals surface area (Å²) in [6.45, 7) is 5.55. The Bertz CT molecular complexity index is 611. The first-order valence-electron chi connectivity index (χ1n) is 8.54. The molecule has 4 nitrogen and oxygen atoms in total. The second-order valence-corrected chi connectivity index (χ2v) is 7.57. The summed E-state index contributed by atoms with van der Waals surface area (Å²) >= 11 is 0. The molecule has 0 bridgehead atoms. The van der Waals surface area contributed by atoms with Crippen LogP contribution in [0, 0.1) is 5.92 Å². The predicted octanol–water partition coefficient (Wildman–Crippen LogP) is 4.57. The Kier molecular flexibility index (Phi) is 4.17. The lowest BCUT2D eigenvalue weighted by Gasteiger charge is -2.34. The lowest BCUT2D eigenvalue weighted by atomic mass is 9.82. The van der Waals surface area contributed by atoms with Gasteiger partial charge in [-0.05, 0) is 51.7 Å². The van der Waals surface area contributed by atoms with E-state index in [1.54, 1.807) is 4.90 Å². The number of Topliss-reactive ketones (excluding diaryl/α,β-unsaturated/α-hetero) is 1. The van der Waals surface area contributed by atoms with E-state index in [0.29, 0.717) is 11.3 Å². The van der Waals surface area contributed by atoms with Crippen LogP contribution >= 0.6 is 0 Å². The van der Waals surface area contributed by atoms with Gasteiger partial charge < -0.3 is 4.74 Å². The van der Waals surface area contributed by atoms with Crippen LogP contribution in [0.3, 0.4) is 0 Å². The molecule has 1 aromatic rings. The van der Waals surface area contributed by atoms with Crippen molar-refractivity contribution >= 4 is 17.6 Å². The summed E-state index contributed by atoms with van der Waals surface area (Å²) in [5.74, 6) is 0.300. The molecule has 1 saturated carbocycles. The Hall–Kier alpha value is -1.84. The van der Waals surface area contributed by atoms with Gasteiger partial charge in [-0.15, -0.1) is 0 Å². The number of rotatable bonds is 1. The van der Waals surface area contributed by atoms with Crippen molar-refractivity contribution in [2.75, 3.05) is 4.90 Å². The molecule has 3 rings (SSSR count). The summed E-state index contributed by atoms with van der Waals surface area (Å²) in [6.07, 6.45) is 5.08. The van der Waals surface area contributed by atoms with Crippen molar-refractivity contribution in [2.45, 2.75) is 64.5 Å². The monoisotopic (exact) mass is 315 g/mol. The van der Waals surface area contributed by atoms with E-state index in [1.165, 1.54) is 6.42 Å². The molecular formula is C19H25NO3. The van der Waals surface area contributed by atoms with E-state index in [9.17, 15) is 9.59 Å². The molecule has 23 heavy (non-hydrogen) atoms. The van der Waals surface area contributed by atoms with Gasteiger partial charge in [0, 0.05) is 5.56 Å². The van der Waals surface area contributed by atoms with Gasteiger partial charge >= 0.3 is 6.09 Å². The normalized spacial score (nSPS) is 22.1. The standard InChI is InChI=1S/C19H25NO3/c1-19(2,3)23-18(22)20-15-12-8-7-11-14(15)17(21)16(20)13-9-5-4-6-10-13/h7-8,11-13,16H,4-6,9-10H2,1-3H3. The molecule has 1 fully saturated rings. The van der Waals surface area contributed by atoms with Crippen LogP contribution in [0.25, 0.3) is 0 Å². The van der Waals surface area contributed by atoms with Crippen LogP contribution in [0.15, 0.2) is 24.3 Å². The Balaban J connectivity index is 1.96. The fourth-order valence-corrected chi connectivity index (χ4v) is 3.72. The zero-order valence-corrected chi connectivity index (χ0v) is 14.2. The van der Waals surface area contributed by atoms with E-state index in [1.807, 2.05) is 45.0 Å². The molecule has 0 saturated heterocycles. The van der Waals surface area contributed by atoms with Crippen molar-refractivity contribution in [1.82, 2.24) is 0 Å². The van der Waals surface area contributed by atoms with Gasteiger partial charge in [-0.25, -0.2) is 4.79 Å². The quantitative estimate of drug-likeness (QED) is 0.762. The zero-order chi connectivity index (χ0) is 16.6. The predicted molar refractivity (Wildman–Crippen MR) is 89.8 cm³/mol. The van der Waals surface area contributed by atoms with Gasteiger partial charge in [-0.3, -0.25) is 9.69 Å². The van der Waals surface area contributed by atoms with Crippen molar-refractivity contribution in [3.63, 3.8) is 0 Å². The van der Waals surface area contributed by atoms with E-state index in [4.69, 9.17) is 4.74 Å². The Morgan fingerprint density at radius 2 is 1.78 bits per heavy atom. The minimum absolute atomic E-state index is 0.0679. The van der Waals surface area contributed by atoms with Crippen LogP contribution in [0.4, 0.5) is 10.5 Å². The fourth-order valence-electron chi connectivity index (χ4n) is 3.72. The number of carbonyl (C=O) groups excluding carboxylic acids is 2. The second-order valence-electron chi connectivity index (χ2n) is 7.57. The molecule has 1 aliphatic carbocycles. The largest absolute Gasteiger partial charge is 0.443 e. The van der Waals surface area contributed by atoms with E-state index in [0.717, 1.165) is 25.7 Å². The summed E-state index contributed by atoms with van der Waals surface area (Å²) in [7, 11) is 0. The highest BCUT2D eigenvalue weighted by Crippen LogP contribution is 2.40. The maximum absolute atomic E-state index is 12.9. The summed E-state index contributed by atoms with van der Waals surface area (Å²) in [6, 6.07) is 6.99. The molecule has 1 aliphatic heterocycles. The molecule has 0 N–H and O–H groups in total. The van der Waals surface area contributed by atoms with E-state index in [-0.39, 0.29) is 11.7 Å². The smallest absolute Gasteiger partial charge is 0.415 e. The highest BCUT2D eigenvalue weighted by molar-refractivity contribution is 6.16. The number of amides is 1. The molecular weight excluding hydrogens is 290 g/mol. The fraction of sp³-hybridized carbons (Fsp3) is 0.579. The number of anilines is 1. The van der Waals surface area contributed by atoms with Crippen LogP contribution in [0.5, 0.6) is 0 Å². The molecule has 2 aliphatic rings. The van der Waals surface area contributed by atoms with Crippen LogP contribution in [0.1, 0.15) is 63.2 Å². The molecule has 4 heteroatoms. The van der Waals surface area contributed by atoms with Gasteiger partial charge in [0.2, 0.25) is 0 Å². The number of hydrogen-bond acceptors (Lipinski definition) is 3. The number of carbonyl (C=O) groups is 2. The number of nitrogens with zero attached hydrogens (tertiary/aromatic N) is 1. The van der Waals surface area contributed by atoms with Crippen molar-refractivity contribution in [3.8, 4) is 0 Å². The van der Waals surface area contributed by atoms with Gasteiger partial charge in [-0.1, -0.05) is 31.4 Å². The van der Waals surface area contributed by atoms with Crippen molar-refractivity contribution < 1.29 is 14.3 Å². The number of para-hydroxylation sites is 1. The molecule has 1 unspecified atom stereocenters. The van der Waals surface area contributed by atoms with E-state index >= 15 is 0 Å². The molecule has 0 spiro atoms. The van der Waals surface area contributed by atoms with Crippen molar-refractivity contribution in [3.05, 3.63) is 29.8 Å². The maximum Gasteiger partial charge on any atom is 0.415 e. The summed E-state index contributed by atoms with van der Waals surface area (Å²) < 4.78 is 5.58. The second kappa shape index (κ2) is 5.99. The van der Waals surface area contributed by atoms with Gasteiger partial charge in [0.05, 0.1) is 5.69 Å². The zero-order valence-electron chi connectivity index (χ0n) is 14.2.